The Bertz CT molecular complexity index is 615. The Hall–Kier alpha value is -1.82. The van der Waals surface area contributed by atoms with Crippen molar-refractivity contribution in [3.05, 3.63) is 41.2 Å². The summed E-state index contributed by atoms with van der Waals surface area (Å²) in [6, 6.07) is 5.51. The molecule has 108 valence electrons. The fourth-order valence-electron chi connectivity index (χ4n) is 2.14. The Morgan fingerprint density at radius 2 is 2.00 bits per heavy atom. The molecule has 0 unspecified atom stereocenters. The van der Waals surface area contributed by atoms with Crippen molar-refractivity contribution in [1.29, 1.82) is 0 Å². The van der Waals surface area contributed by atoms with E-state index in [-0.39, 0.29) is 0 Å². The monoisotopic (exact) mass is 283 g/mol. The molecule has 0 atom stereocenters. The molecule has 0 saturated heterocycles. The minimum absolute atomic E-state index is 0.317. The maximum atomic E-state index is 12.7. The Kier molecular flexibility index (Phi) is 3.85. The molecule has 0 aliphatic carbocycles. The van der Waals surface area contributed by atoms with E-state index in [1.807, 2.05) is 19.1 Å². The van der Waals surface area contributed by atoms with Crippen LogP contribution in [0.1, 0.15) is 23.7 Å². The highest BCUT2D eigenvalue weighted by Gasteiger charge is 2.34. The number of imidazole rings is 1. The molecule has 1 heterocycles. The van der Waals surface area contributed by atoms with Crippen molar-refractivity contribution in [3.8, 4) is 11.4 Å². The molecule has 2 N–H and O–H groups in total. The normalized spacial score (nSPS) is 11.9. The van der Waals surface area contributed by atoms with Crippen molar-refractivity contribution in [2.75, 3.05) is 0 Å². The third-order valence-corrected chi connectivity index (χ3v) is 3.19. The fraction of sp³-hybridized carbons (Fsp3) is 0.357. The second-order valence-corrected chi connectivity index (χ2v) is 4.61. The number of hydrogen-bond acceptors (Lipinski definition) is 2. The number of nitrogens with zero attached hydrogens (tertiary/aromatic N) is 2. The number of aryl methyl sites for hydroxylation is 2. The first-order valence-electron chi connectivity index (χ1n) is 6.29. The summed E-state index contributed by atoms with van der Waals surface area (Å²) in [4.78, 5) is 3.72. The summed E-state index contributed by atoms with van der Waals surface area (Å²) < 4.78 is 39.5. The van der Waals surface area contributed by atoms with Gasteiger partial charge in [-0.3, -0.25) is 0 Å². The van der Waals surface area contributed by atoms with Crippen LogP contribution in [0, 0.1) is 0 Å². The number of alkyl halides is 3. The van der Waals surface area contributed by atoms with E-state index < -0.39 is 11.9 Å². The van der Waals surface area contributed by atoms with Crippen LogP contribution in [0.3, 0.4) is 0 Å². The molecule has 0 aliphatic rings. The van der Waals surface area contributed by atoms with E-state index in [2.05, 4.69) is 4.98 Å². The van der Waals surface area contributed by atoms with Crippen LogP contribution in [0.4, 0.5) is 13.2 Å². The first kappa shape index (κ1) is 14.6. The highest BCUT2D eigenvalue weighted by molar-refractivity contribution is 5.62. The van der Waals surface area contributed by atoms with E-state index in [9.17, 15) is 13.2 Å². The molecular weight excluding hydrogens is 267 g/mol. The van der Waals surface area contributed by atoms with Crippen LogP contribution in [-0.4, -0.2) is 9.55 Å². The lowest BCUT2D eigenvalue weighted by atomic mass is 10.0. The largest absolute Gasteiger partial charge is 0.434 e. The van der Waals surface area contributed by atoms with Crippen molar-refractivity contribution >= 4 is 0 Å². The van der Waals surface area contributed by atoms with Gasteiger partial charge in [-0.1, -0.05) is 25.1 Å². The van der Waals surface area contributed by atoms with E-state index in [4.69, 9.17) is 5.73 Å². The van der Waals surface area contributed by atoms with Crippen molar-refractivity contribution < 1.29 is 13.2 Å². The summed E-state index contributed by atoms with van der Waals surface area (Å²) in [5.74, 6) is 0.317. The van der Waals surface area contributed by atoms with Gasteiger partial charge in [0.05, 0.1) is 0 Å². The maximum absolute atomic E-state index is 12.7. The lowest BCUT2D eigenvalue weighted by Crippen LogP contribution is -2.05. The average Bonchev–Trinajstić information content (AvgIpc) is 2.80. The quantitative estimate of drug-likeness (QED) is 0.940. The second-order valence-electron chi connectivity index (χ2n) is 4.61. The molecule has 1 aromatic carbocycles. The van der Waals surface area contributed by atoms with E-state index >= 15 is 0 Å². The molecule has 1 aromatic heterocycles. The highest BCUT2D eigenvalue weighted by atomic mass is 19.4. The Morgan fingerprint density at radius 3 is 2.50 bits per heavy atom. The molecule has 3 nitrogen and oxygen atoms in total. The lowest BCUT2D eigenvalue weighted by molar-refractivity contribution is -0.140. The van der Waals surface area contributed by atoms with E-state index in [0.29, 0.717) is 24.4 Å². The molecule has 0 saturated carbocycles. The summed E-state index contributed by atoms with van der Waals surface area (Å²) in [5.41, 5.74) is 7.31. The summed E-state index contributed by atoms with van der Waals surface area (Å²) in [6.07, 6.45) is -2.72. The molecule has 0 aliphatic heterocycles. The van der Waals surface area contributed by atoms with Crippen LogP contribution in [0.15, 0.2) is 24.4 Å². The topological polar surface area (TPSA) is 43.8 Å². The number of benzene rings is 1. The van der Waals surface area contributed by atoms with Crippen LogP contribution in [0.2, 0.25) is 0 Å². The zero-order valence-corrected chi connectivity index (χ0v) is 11.3. The van der Waals surface area contributed by atoms with Crippen LogP contribution < -0.4 is 5.73 Å². The fourth-order valence-corrected chi connectivity index (χ4v) is 2.14. The van der Waals surface area contributed by atoms with Crippen molar-refractivity contribution in [1.82, 2.24) is 9.55 Å². The first-order chi connectivity index (χ1) is 9.36. The van der Waals surface area contributed by atoms with Crippen molar-refractivity contribution in [2.45, 2.75) is 26.1 Å². The minimum atomic E-state index is -4.43. The van der Waals surface area contributed by atoms with Crippen LogP contribution in [-0.2, 0) is 26.2 Å². The van der Waals surface area contributed by atoms with Crippen LogP contribution in [0.5, 0.6) is 0 Å². The number of halogens is 3. The Labute approximate surface area is 115 Å². The zero-order valence-electron chi connectivity index (χ0n) is 11.3. The molecule has 20 heavy (non-hydrogen) atoms. The summed E-state index contributed by atoms with van der Waals surface area (Å²) in [6.45, 7) is 2.36. The molecule has 6 heteroatoms. The predicted molar refractivity (Wildman–Crippen MR) is 70.9 cm³/mol. The van der Waals surface area contributed by atoms with Gasteiger partial charge in [-0.15, -0.1) is 0 Å². The van der Waals surface area contributed by atoms with Crippen LogP contribution >= 0.6 is 0 Å². The maximum Gasteiger partial charge on any atom is 0.434 e. The Morgan fingerprint density at radius 1 is 1.30 bits per heavy atom. The van der Waals surface area contributed by atoms with Gasteiger partial charge in [0.1, 0.15) is 5.82 Å². The number of nitrogens with two attached hydrogens (primary N) is 1. The van der Waals surface area contributed by atoms with E-state index in [1.54, 1.807) is 13.1 Å². The standard InChI is InChI=1S/C14H16F3N3/c1-3-10-6-9(7-18)4-5-11(10)13-19-12(8-20(13)2)14(15,16)17/h4-6,8H,3,7,18H2,1-2H3. The van der Waals surface area contributed by atoms with Gasteiger partial charge in [-0.05, 0) is 17.5 Å². The van der Waals surface area contributed by atoms with Gasteiger partial charge in [0.15, 0.2) is 5.69 Å². The second kappa shape index (κ2) is 5.28. The Balaban J connectivity index is 2.54. The molecule has 0 fully saturated rings. The van der Waals surface area contributed by atoms with Gasteiger partial charge in [-0.25, -0.2) is 4.98 Å². The number of hydrogen-bond donors (Lipinski definition) is 1. The third-order valence-electron chi connectivity index (χ3n) is 3.19. The molecule has 0 bridgehead atoms. The van der Waals surface area contributed by atoms with Crippen LogP contribution in [0.25, 0.3) is 11.4 Å². The molecule has 2 rings (SSSR count). The van der Waals surface area contributed by atoms with Gasteiger partial charge in [-0.2, -0.15) is 13.2 Å². The average molecular weight is 283 g/mol. The number of aromatic nitrogens is 2. The molecule has 0 radical (unpaired) electrons. The minimum Gasteiger partial charge on any atom is -0.333 e. The number of rotatable bonds is 3. The molecule has 0 spiro atoms. The van der Waals surface area contributed by atoms with Gasteiger partial charge in [0.25, 0.3) is 0 Å². The van der Waals surface area contributed by atoms with Gasteiger partial charge in [0.2, 0.25) is 0 Å². The molecule has 2 aromatic rings. The van der Waals surface area contributed by atoms with Crippen molar-refractivity contribution in [3.63, 3.8) is 0 Å². The van der Waals surface area contributed by atoms with Gasteiger partial charge >= 0.3 is 6.18 Å². The van der Waals surface area contributed by atoms with Gasteiger partial charge in [0, 0.05) is 25.4 Å². The summed E-state index contributed by atoms with van der Waals surface area (Å²) in [5, 5.41) is 0. The molecule has 0 amide bonds. The summed E-state index contributed by atoms with van der Waals surface area (Å²) >= 11 is 0. The van der Waals surface area contributed by atoms with E-state index in [1.165, 1.54) is 4.57 Å². The first-order valence-corrected chi connectivity index (χ1v) is 6.29. The lowest BCUT2D eigenvalue weighted by Gasteiger charge is -2.09. The summed E-state index contributed by atoms with van der Waals surface area (Å²) in [7, 11) is 1.56. The highest BCUT2D eigenvalue weighted by Crippen LogP contribution is 2.31. The van der Waals surface area contributed by atoms with Crippen molar-refractivity contribution in [2.24, 2.45) is 12.8 Å². The van der Waals surface area contributed by atoms with E-state index in [0.717, 1.165) is 17.3 Å². The third kappa shape index (κ3) is 2.70. The molecular formula is C14H16F3N3. The van der Waals surface area contributed by atoms with Gasteiger partial charge < -0.3 is 10.3 Å². The SMILES string of the molecule is CCc1cc(CN)ccc1-c1nc(C(F)(F)F)cn1C. The predicted octanol–water partition coefficient (Wildman–Crippen LogP) is 3.13. The smallest absolute Gasteiger partial charge is 0.333 e. The zero-order chi connectivity index (χ0) is 14.9.